The lowest BCUT2D eigenvalue weighted by Gasteiger charge is -2.29. The van der Waals surface area contributed by atoms with Crippen molar-refractivity contribution in [2.45, 2.75) is 60.5 Å². The van der Waals surface area contributed by atoms with E-state index < -0.39 is 6.10 Å². The second-order valence-corrected chi connectivity index (χ2v) is 12.9. The maximum Gasteiger partial charge on any atom is 0.373 e. The summed E-state index contributed by atoms with van der Waals surface area (Å²) in [7, 11) is 1.70. The van der Waals surface area contributed by atoms with Gasteiger partial charge in [-0.3, -0.25) is 4.79 Å². The van der Waals surface area contributed by atoms with E-state index in [1.54, 1.807) is 7.11 Å². The Balaban J connectivity index is -0.00000242. The van der Waals surface area contributed by atoms with Crippen LogP contribution in [0.25, 0.3) is 0 Å². The number of rotatable bonds is 18. The summed E-state index contributed by atoms with van der Waals surface area (Å²) in [5, 5.41) is 10.3. The van der Waals surface area contributed by atoms with E-state index in [1.807, 2.05) is 20.8 Å². The monoisotopic (exact) mass is 524 g/mol. The topological polar surface area (TPSA) is 108 Å². The Kier molecular flexibility index (Phi) is 24.8. The van der Waals surface area contributed by atoms with E-state index in [2.05, 4.69) is 27.0 Å². The summed E-state index contributed by atoms with van der Waals surface area (Å²) in [5.74, 6) is 2.11. The van der Waals surface area contributed by atoms with E-state index in [9.17, 15) is 9.90 Å². The van der Waals surface area contributed by atoms with Gasteiger partial charge in [-0.15, -0.1) is 0 Å². The predicted octanol–water partition coefficient (Wildman–Crippen LogP) is 3.22. The van der Waals surface area contributed by atoms with Crippen molar-refractivity contribution in [3.8, 4) is 0 Å². The van der Waals surface area contributed by atoms with E-state index in [0.717, 1.165) is 18.6 Å². The Hall–Kier alpha value is -0.800. The molecule has 210 valence electrons. The molecular formula is C26H52O8S. The number of ether oxygens (including phenoxy) is 4. The minimum absolute atomic E-state index is 0. The van der Waals surface area contributed by atoms with Crippen LogP contribution in [0.1, 0.15) is 54.4 Å². The molecule has 8 nitrogen and oxygen atoms in total. The number of hydrogen-bond acceptors (Lipinski definition) is 8. The van der Waals surface area contributed by atoms with E-state index >= 15 is 0 Å². The quantitative estimate of drug-likeness (QED) is 0.165. The van der Waals surface area contributed by atoms with E-state index in [-0.39, 0.29) is 41.2 Å². The molecular weight excluding hydrogens is 472 g/mol. The van der Waals surface area contributed by atoms with Gasteiger partial charge < -0.3 is 31.5 Å². The van der Waals surface area contributed by atoms with Crippen molar-refractivity contribution in [1.82, 2.24) is 0 Å². The zero-order valence-corrected chi connectivity index (χ0v) is 24.5. The SMILES string of the molecule is COCCOCCOCCOCC(O)C[S+](C)CC[C@H](CC(C)(C)C)C(=O)C(C)(C)C.O=C=O.[CH3-]. The van der Waals surface area contributed by atoms with Crippen molar-refractivity contribution >= 4 is 22.8 Å². The van der Waals surface area contributed by atoms with Crippen molar-refractivity contribution in [1.29, 1.82) is 0 Å². The van der Waals surface area contributed by atoms with Gasteiger partial charge in [0.05, 0.1) is 52.5 Å². The Labute approximate surface area is 217 Å². The van der Waals surface area contributed by atoms with Gasteiger partial charge >= 0.3 is 6.15 Å². The maximum atomic E-state index is 12.9. The first-order valence-corrected chi connectivity index (χ1v) is 13.8. The molecule has 0 bridgehead atoms. The number of aliphatic hydroxyl groups excluding tert-OH is 1. The highest BCUT2D eigenvalue weighted by Gasteiger charge is 2.33. The summed E-state index contributed by atoms with van der Waals surface area (Å²) in [5.41, 5.74) is -0.183. The molecule has 3 atom stereocenters. The minimum Gasteiger partial charge on any atom is -0.386 e. The van der Waals surface area contributed by atoms with Gasteiger partial charge in [0.15, 0.2) is 0 Å². The maximum absolute atomic E-state index is 12.9. The van der Waals surface area contributed by atoms with Crippen LogP contribution in [0.15, 0.2) is 0 Å². The molecule has 0 amide bonds. The Morgan fingerprint density at radius 3 is 1.80 bits per heavy atom. The van der Waals surface area contributed by atoms with Gasteiger partial charge in [0.2, 0.25) is 0 Å². The molecule has 9 heteroatoms. The van der Waals surface area contributed by atoms with E-state index in [1.165, 1.54) is 0 Å². The molecule has 0 saturated carbocycles. The van der Waals surface area contributed by atoms with Crippen LogP contribution in [0, 0.1) is 24.2 Å². The fourth-order valence-electron chi connectivity index (χ4n) is 3.28. The molecule has 2 unspecified atom stereocenters. The molecule has 0 aliphatic heterocycles. The summed E-state index contributed by atoms with van der Waals surface area (Å²) < 4.78 is 21.2. The summed E-state index contributed by atoms with van der Waals surface area (Å²) in [4.78, 5) is 29.2. The molecule has 0 aromatic heterocycles. The van der Waals surface area contributed by atoms with Crippen molar-refractivity contribution in [3.63, 3.8) is 0 Å². The molecule has 0 aromatic rings. The summed E-state index contributed by atoms with van der Waals surface area (Å²) in [6.45, 7) is 16.1. The number of carbonyl (C=O) groups is 1. The highest BCUT2D eigenvalue weighted by molar-refractivity contribution is 7.96. The van der Waals surface area contributed by atoms with E-state index in [0.29, 0.717) is 57.8 Å². The summed E-state index contributed by atoms with van der Waals surface area (Å²) in [6, 6.07) is 0. The van der Waals surface area contributed by atoms with Gasteiger partial charge in [0.25, 0.3) is 0 Å². The van der Waals surface area contributed by atoms with Crippen LogP contribution in [-0.4, -0.2) is 94.3 Å². The van der Waals surface area contributed by atoms with Crippen molar-refractivity contribution in [2.75, 3.05) is 71.1 Å². The lowest BCUT2D eigenvalue weighted by atomic mass is 9.75. The van der Waals surface area contributed by atoms with Crippen LogP contribution >= 0.6 is 0 Å². The third-order valence-electron chi connectivity index (χ3n) is 4.75. The van der Waals surface area contributed by atoms with Gasteiger partial charge in [-0.25, -0.2) is 0 Å². The van der Waals surface area contributed by atoms with Gasteiger partial charge in [0.1, 0.15) is 23.4 Å². The third-order valence-corrected chi connectivity index (χ3v) is 6.63. The predicted molar refractivity (Wildman–Crippen MR) is 141 cm³/mol. The second-order valence-electron chi connectivity index (χ2n) is 10.5. The largest absolute Gasteiger partial charge is 0.386 e. The number of ketones is 1. The van der Waals surface area contributed by atoms with Crippen LogP contribution in [0.2, 0.25) is 0 Å². The second kappa shape index (κ2) is 22.4. The lowest BCUT2D eigenvalue weighted by Crippen LogP contribution is -2.33. The summed E-state index contributed by atoms with van der Waals surface area (Å²) >= 11 is 0. The van der Waals surface area contributed by atoms with Gasteiger partial charge in [-0.05, 0) is 22.7 Å². The first-order chi connectivity index (χ1) is 15.8. The zero-order valence-electron chi connectivity index (χ0n) is 23.6. The molecule has 0 rings (SSSR count). The Morgan fingerprint density at radius 1 is 0.914 bits per heavy atom. The molecule has 0 aliphatic carbocycles. The fraction of sp³-hybridized carbons (Fsp3) is 0.885. The zero-order chi connectivity index (χ0) is 26.6. The lowest BCUT2D eigenvalue weighted by molar-refractivity contribution is -0.191. The fourth-order valence-corrected chi connectivity index (χ4v) is 4.89. The van der Waals surface area contributed by atoms with Crippen LogP contribution in [0.4, 0.5) is 0 Å². The highest BCUT2D eigenvalue weighted by atomic mass is 32.2. The average molecular weight is 525 g/mol. The minimum atomic E-state index is -0.481. The van der Waals surface area contributed by atoms with Crippen LogP contribution < -0.4 is 0 Å². The van der Waals surface area contributed by atoms with Crippen LogP contribution in [0.5, 0.6) is 0 Å². The number of methoxy groups -OCH3 is 1. The number of aliphatic hydroxyl groups is 1. The standard InChI is InChI=1S/C24H49O6S.CO2.CH3/c1-23(2,3)17-20(22(26)24(4,5)6)9-16-31(8)19-21(25)18-30-15-14-29-13-12-28-11-10-27-7;2-1-3;/h20-21,25H,9-19H2,1-8H3;;1H3/q+1;;-1/t20-,21?,31?;;/m1../s1. The third kappa shape index (κ3) is 26.1. The molecule has 0 saturated heterocycles. The molecule has 1 N–H and O–H groups in total. The van der Waals surface area contributed by atoms with Crippen LogP contribution in [0.3, 0.4) is 0 Å². The molecule has 0 spiro atoms. The molecule has 0 aromatic carbocycles. The van der Waals surface area contributed by atoms with E-state index in [4.69, 9.17) is 28.5 Å². The average Bonchev–Trinajstić information content (AvgIpc) is 2.71. The Morgan fingerprint density at radius 2 is 1.37 bits per heavy atom. The number of Topliss-reactive ketones (excluding diaryl/α,β-unsaturated/α-hetero) is 1. The molecule has 0 heterocycles. The molecule has 0 aliphatic rings. The molecule has 0 fully saturated rings. The number of hydrogen-bond donors (Lipinski definition) is 1. The normalized spacial score (nSPS) is 14.1. The van der Waals surface area contributed by atoms with Crippen molar-refractivity contribution < 1.29 is 38.4 Å². The van der Waals surface area contributed by atoms with Crippen LogP contribution in [-0.2, 0) is 44.2 Å². The smallest absolute Gasteiger partial charge is 0.373 e. The number of carbonyl (C=O) groups excluding carboxylic acids is 3. The first-order valence-electron chi connectivity index (χ1n) is 11.8. The molecule has 0 radical (unpaired) electrons. The van der Waals surface area contributed by atoms with Gasteiger partial charge in [-0.1, -0.05) is 41.5 Å². The van der Waals surface area contributed by atoms with Crippen molar-refractivity contribution in [2.24, 2.45) is 16.7 Å². The first kappa shape index (κ1) is 38.7. The van der Waals surface area contributed by atoms with Gasteiger partial charge in [0, 0.05) is 24.9 Å². The van der Waals surface area contributed by atoms with Gasteiger partial charge in [-0.2, -0.15) is 9.59 Å². The highest BCUT2D eigenvalue weighted by Crippen LogP contribution is 2.32. The van der Waals surface area contributed by atoms with Crippen molar-refractivity contribution in [3.05, 3.63) is 7.43 Å². The Bertz CT molecular complexity index is 536. The summed E-state index contributed by atoms with van der Waals surface area (Å²) in [6.07, 6.45) is 3.74. The molecule has 35 heavy (non-hydrogen) atoms.